The van der Waals surface area contributed by atoms with Crippen molar-refractivity contribution in [2.24, 2.45) is 5.73 Å². The molecule has 0 aromatic carbocycles. The summed E-state index contributed by atoms with van der Waals surface area (Å²) in [7, 11) is 1.41. The minimum Gasteiger partial charge on any atom is -0.480 e. The molecule has 0 bridgehead atoms. The van der Waals surface area contributed by atoms with Crippen LogP contribution in [0, 0.1) is 11.3 Å². The zero-order valence-corrected chi connectivity index (χ0v) is 7.44. The van der Waals surface area contributed by atoms with Gasteiger partial charge in [-0.1, -0.05) is 0 Å². The number of carbonyl (C=O) groups is 1. The van der Waals surface area contributed by atoms with Gasteiger partial charge in [0.25, 0.3) is 0 Å². The van der Waals surface area contributed by atoms with Crippen molar-refractivity contribution in [1.82, 2.24) is 4.98 Å². The first-order valence-corrected chi connectivity index (χ1v) is 3.68. The number of urea groups is 1. The second-order valence-corrected chi connectivity index (χ2v) is 2.38. The van der Waals surface area contributed by atoms with E-state index in [9.17, 15) is 4.79 Å². The van der Waals surface area contributed by atoms with Crippen LogP contribution in [0.15, 0.2) is 12.3 Å². The Morgan fingerprint density at radius 1 is 1.79 bits per heavy atom. The van der Waals surface area contributed by atoms with Crippen molar-refractivity contribution in [1.29, 1.82) is 5.26 Å². The van der Waals surface area contributed by atoms with Crippen LogP contribution in [-0.4, -0.2) is 18.1 Å². The van der Waals surface area contributed by atoms with E-state index in [2.05, 4.69) is 10.3 Å². The number of methoxy groups -OCH3 is 1. The minimum absolute atomic E-state index is 0.211. The van der Waals surface area contributed by atoms with Crippen molar-refractivity contribution in [3.05, 3.63) is 17.8 Å². The van der Waals surface area contributed by atoms with Gasteiger partial charge in [-0.25, -0.2) is 9.78 Å². The number of nitriles is 1. The Hall–Kier alpha value is -2.29. The number of hydrogen-bond donors (Lipinski definition) is 2. The summed E-state index contributed by atoms with van der Waals surface area (Å²) < 4.78 is 4.82. The van der Waals surface area contributed by atoms with Crippen LogP contribution in [0.2, 0.25) is 0 Å². The number of hydrogen-bond acceptors (Lipinski definition) is 4. The first-order valence-electron chi connectivity index (χ1n) is 3.68. The molecule has 1 rings (SSSR count). The van der Waals surface area contributed by atoms with Crippen LogP contribution in [-0.2, 0) is 0 Å². The molecule has 14 heavy (non-hydrogen) atoms. The van der Waals surface area contributed by atoms with E-state index in [-0.39, 0.29) is 11.4 Å². The lowest BCUT2D eigenvalue weighted by Crippen LogP contribution is -2.19. The van der Waals surface area contributed by atoms with Crippen molar-refractivity contribution in [2.45, 2.75) is 0 Å². The highest BCUT2D eigenvalue weighted by atomic mass is 16.5. The van der Waals surface area contributed by atoms with Crippen molar-refractivity contribution in [3.63, 3.8) is 0 Å². The van der Waals surface area contributed by atoms with Gasteiger partial charge in [-0.2, -0.15) is 5.26 Å². The van der Waals surface area contributed by atoms with Crippen LogP contribution in [0.1, 0.15) is 5.56 Å². The van der Waals surface area contributed by atoms with Gasteiger partial charge in [-0.3, -0.25) is 0 Å². The van der Waals surface area contributed by atoms with Gasteiger partial charge in [-0.15, -0.1) is 0 Å². The number of primary amides is 1. The van der Waals surface area contributed by atoms with Gasteiger partial charge >= 0.3 is 6.03 Å². The maximum absolute atomic E-state index is 10.5. The van der Waals surface area contributed by atoms with Gasteiger partial charge < -0.3 is 15.8 Å². The number of amides is 2. The molecule has 3 N–H and O–H groups in total. The van der Waals surface area contributed by atoms with Gasteiger partial charge in [0.15, 0.2) is 0 Å². The lowest BCUT2D eigenvalue weighted by atomic mass is 10.3. The predicted octanol–water partition coefficient (Wildman–Crippen LogP) is 0.452. The number of nitrogens with one attached hydrogen (secondary N) is 1. The molecule has 0 aliphatic heterocycles. The van der Waals surface area contributed by atoms with E-state index in [0.717, 1.165) is 0 Å². The average molecular weight is 192 g/mol. The minimum atomic E-state index is -0.708. The zero-order valence-electron chi connectivity index (χ0n) is 7.44. The van der Waals surface area contributed by atoms with Gasteiger partial charge in [0.05, 0.1) is 19.0 Å². The highest BCUT2D eigenvalue weighted by Gasteiger charge is 2.05. The van der Waals surface area contributed by atoms with Gasteiger partial charge in [0, 0.05) is 0 Å². The Kier molecular flexibility index (Phi) is 2.86. The van der Waals surface area contributed by atoms with Crippen LogP contribution in [0.4, 0.5) is 10.5 Å². The first-order chi connectivity index (χ1) is 6.67. The molecule has 0 saturated heterocycles. The number of nitrogens with zero attached hydrogens (tertiary/aromatic N) is 2. The summed E-state index contributed by atoms with van der Waals surface area (Å²) >= 11 is 0. The van der Waals surface area contributed by atoms with E-state index in [1.807, 2.05) is 6.07 Å². The summed E-state index contributed by atoms with van der Waals surface area (Å²) in [6, 6.07) is 2.60. The second kappa shape index (κ2) is 4.09. The Bertz CT molecular complexity index is 397. The molecule has 0 atom stereocenters. The van der Waals surface area contributed by atoms with E-state index in [4.69, 9.17) is 15.7 Å². The number of pyridine rings is 1. The number of aromatic nitrogens is 1. The molecule has 1 heterocycles. The molecule has 0 saturated carbocycles. The van der Waals surface area contributed by atoms with Crippen molar-refractivity contribution >= 4 is 11.7 Å². The molecule has 6 nitrogen and oxygen atoms in total. The Labute approximate surface area is 80.3 Å². The third-order valence-electron chi connectivity index (χ3n) is 1.43. The molecule has 1 aromatic rings. The molecule has 6 heteroatoms. The molecule has 0 fully saturated rings. The number of carbonyl (C=O) groups excluding carboxylic acids is 1. The van der Waals surface area contributed by atoms with Gasteiger partial charge in [0.2, 0.25) is 5.88 Å². The SMILES string of the molecule is COc1ncc(NC(N)=O)cc1C#N. The third-order valence-corrected chi connectivity index (χ3v) is 1.43. The van der Waals surface area contributed by atoms with Crippen LogP contribution < -0.4 is 15.8 Å². The van der Waals surface area contributed by atoms with Crippen LogP contribution in [0.3, 0.4) is 0 Å². The van der Waals surface area contributed by atoms with E-state index >= 15 is 0 Å². The van der Waals surface area contributed by atoms with Gasteiger partial charge in [-0.05, 0) is 6.07 Å². The highest BCUT2D eigenvalue weighted by molar-refractivity contribution is 5.87. The molecule has 72 valence electrons. The quantitative estimate of drug-likeness (QED) is 0.710. The molecule has 1 aromatic heterocycles. The van der Waals surface area contributed by atoms with E-state index in [1.54, 1.807) is 0 Å². The lowest BCUT2D eigenvalue weighted by Gasteiger charge is -2.04. The molecule has 0 spiro atoms. The van der Waals surface area contributed by atoms with Crippen molar-refractivity contribution < 1.29 is 9.53 Å². The fourth-order valence-electron chi connectivity index (χ4n) is 0.906. The number of ether oxygens (including phenoxy) is 1. The van der Waals surface area contributed by atoms with Crippen molar-refractivity contribution in [3.8, 4) is 11.9 Å². The topological polar surface area (TPSA) is 101 Å². The average Bonchev–Trinajstić information content (AvgIpc) is 2.16. The van der Waals surface area contributed by atoms with Crippen molar-refractivity contribution in [2.75, 3.05) is 12.4 Å². The smallest absolute Gasteiger partial charge is 0.316 e. The molecule has 0 aliphatic rings. The normalized spacial score (nSPS) is 8.86. The maximum Gasteiger partial charge on any atom is 0.316 e. The summed E-state index contributed by atoms with van der Waals surface area (Å²) in [6.07, 6.45) is 1.35. The van der Waals surface area contributed by atoms with Crippen LogP contribution >= 0.6 is 0 Å². The fraction of sp³-hybridized carbons (Fsp3) is 0.125. The number of anilines is 1. The zero-order chi connectivity index (χ0) is 10.6. The summed E-state index contributed by atoms with van der Waals surface area (Å²) in [4.78, 5) is 14.3. The third kappa shape index (κ3) is 2.10. The summed E-state index contributed by atoms with van der Waals surface area (Å²) in [6.45, 7) is 0. The molecule has 0 aliphatic carbocycles. The number of nitrogens with two attached hydrogens (primary N) is 1. The van der Waals surface area contributed by atoms with E-state index < -0.39 is 6.03 Å². The largest absolute Gasteiger partial charge is 0.480 e. The Morgan fingerprint density at radius 3 is 3.00 bits per heavy atom. The van der Waals surface area contributed by atoms with Gasteiger partial charge in [0.1, 0.15) is 11.6 Å². The molecule has 0 radical (unpaired) electrons. The second-order valence-electron chi connectivity index (χ2n) is 2.38. The molecule has 0 unspecified atom stereocenters. The van der Waals surface area contributed by atoms with E-state index in [1.165, 1.54) is 19.4 Å². The summed E-state index contributed by atoms with van der Waals surface area (Å²) in [5.41, 5.74) is 5.49. The standard InChI is InChI=1S/C8H8N4O2/c1-14-7-5(3-9)2-6(4-11-7)12-8(10)13/h2,4H,1H3,(H3,10,12,13). The lowest BCUT2D eigenvalue weighted by molar-refractivity contribution is 0.259. The first kappa shape index (κ1) is 9.80. The van der Waals surface area contributed by atoms with Crippen LogP contribution in [0.5, 0.6) is 5.88 Å². The summed E-state index contributed by atoms with van der Waals surface area (Å²) in [5, 5.41) is 11.0. The highest BCUT2D eigenvalue weighted by Crippen LogP contribution is 2.17. The summed E-state index contributed by atoms with van der Waals surface area (Å²) in [5.74, 6) is 0.211. The monoisotopic (exact) mass is 192 g/mol. The molecule has 2 amide bonds. The predicted molar refractivity (Wildman–Crippen MR) is 48.7 cm³/mol. The molecular formula is C8H8N4O2. The van der Waals surface area contributed by atoms with E-state index in [0.29, 0.717) is 5.69 Å². The Balaban J connectivity index is 3.03. The fourth-order valence-corrected chi connectivity index (χ4v) is 0.906. The maximum atomic E-state index is 10.5. The Morgan fingerprint density at radius 2 is 2.50 bits per heavy atom. The van der Waals surface area contributed by atoms with Crippen LogP contribution in [0.25, 0.3) is 0 Å². The molecular weight excluding hydrogens is 184 g/mol. The number of rotatable bonds is 2.